The van der Waals surface area contributed by atoms with Gasteiger partial charge in [-0.1, -0.05) is 48.5 Å². The maximum atomic E-state index is 12.6. The Morgan fingerprint density at radius 2 is 1.64 bits per heavy atom. The van der Waals surface area contributed by atoms with Crippen molar-refractivity contribution in [3.8, 4) is 0 Å². The second kappa shape index (κ2) is 9.09. The molecule has 0 bridgehead atoms. The van der Waals surface area contributed by atoms with Crippen LogP contribution < -0.4 is 5.32 Å². The van der Waals surface area contributed by atoms with Crippen molar-refractivity contribution in [1.82, 2.24) is 10.3 Å². The maximum Gasteiger partial charge on any atom is 0.221 e. The van der Waals surface area contributed by atoms with E-state index in [1.54, 1.807) is 6.20 Å². The molecule has 1 heterocycles. The molecule has 0 saturated carbocycles. The first kappa shape index (κ1) is 19.5. The molecule has 1 atom stereocenters. The van der Waals surface area contributed by atoms with Crippen molar-refractivity contribution in [2.45, 2.75) is 32.7 Å². The van der Waals surface area contributed by atoms with Gasteiger partial charge in [0.2, 0.25) is 5.91 Å². The summed E-state index contributed by atoms with van der Waals surface area (Å²) in [7, 11) is 0. The van der Waals surface area contributed by atoms with Crippen molar-refractivity contribution >= 4 is 11.7 Å². The van der Waals surface area contributed by atoms with Crippen molar-refractivity contribution in [2.24, 2.45) is 0 Å². The molecule has 0 fully saturated rings. The fourth-order valence-electron chi connectivity index (χ4n) is 3.04. The van der Waals surface area contributed by atoms with E-state index in [2.05, 4.69) is 10.3 Å². The summed E-state index contributed by atoms with van der Waals surface area (Å²) in [6, 6.07) is 20.6. The number of carbonyl (C=O) groups is 2. The Labute approximate surface area is 165 Å². The first-order chi connectivity index (χ1) is 13.5. The normalized spacial score (nSPS) is 11.6. The van der Waals surface area contributed by atoms with E-state index in [9.17, 15) is 9.59 Å². The number of Topliss-reactive ketones (excluding diaryl/α,β-unsaturated/α-hetero) is 1. The predicted molar refractivity (Wildman–Crippen MR) is 110 cm³/mol. The minimum atomic E-state index is -0.341. The zero-order chi connectivity index (χ0) is 19.9. The van der Waals surface area contributed by atoms with Crippen molar-refractivity contribution in [3.63, 3.8) is 0 Å². The number of pyridine rings is 1. The molecule has 0 aliphatic carbocycles. The number of amides is 1. The molecule has 4 nitrogen and oxygen atoms in total. The lowest BCUT2D eigenvalue weighted by Crippen LogP contribution is -2.30. The Bertz CT molecular complexity index is 913. The van der Waals surface area contributed by atoms with Crippen LogP contribution in [0.1, 0.15) is 51.6 Å². The number of nitrogens with zero attached hydrogens (tertiary/aromatic N) is 1. The zero-order valence-electron chi connectivity index (χ0n) is 16.2. The summed E-state index contributed by atoms with van der Waals surface area (Å²) < 4.78 is 0. The van der Waals surface area contributed by atoms with Crippen molar-refractivity contribution < 1.29 is 9.59 Å². The van der Waals surface area contributed by atoms with Crippen LogP contribution in [-0.2, 0) is 4.79 Å². The Hall–Kier alpha value is -3.27. The molecule has 1 amide bonds. The van der Waals surface area contributed by atoms with Crippen LogP contribution in [0.5, 0.6) is 0 Å². The fraction of sp³-hybridized carbons (Fsp3) is 0.208. The summed E-state index contributed by atoms with van der Waals surface area (Å²) in [4.78, 5) is 29.4. The highest BCUT2D eigenvalue weighted by molar-refractivity contribution is 5.98. The average molecular weight is 372 g/mol. The first-order valence-electron chi connectivity index (χ1n) is 9.40. The van der Waals surface area contributed by atoms with Crippen molar-refractivity contribution in [1.29, 1.82) is 0 Å². The van der Waals surface area contributed by atoms with Crippen LogP contribution in [0.4, 0.5) is 0 Å². The molecule has 142 valence electrons. The third-order valence-electron chi connectivity index (χ3n) is 4.83. The smallest absolute Gasteiger partial charge is 0.221 e. The second-order valence-corrected chi connectivity index (χ2v) is 6.89. The van der Waals surface area contributed by atoms with Crippen molar-refractivity contribution in [2.75, 3.05) is 0 Å². The Kier molecular flexibility index (Phi) is 6.33. The van der Waals surface area contributed by atoms with Gasteiger partial charge in [-0.15, -0.1) is 0 Å². The second-order valence-electron chi connectivity index (χ2n) is 6.89. The van der Waals surface area contributed by atoms with E-state index in [4.69, 9.17) is 0 Å². The third-order valence-corrected chi connectivity index (χ3v) is 4.83. The number of aromatic nitrogens is 1. The summed E-state index contributed by atoms with van der Waals surface area (Å²) >= 11 is 0. The highest BCUT2D eigenvalue weighted by atomic mass is 16.2. The lowest BCUT2D eigenvalue weighted by molar-refractivity contribution is -0.121. The van der Waals surface area contributed by atoms with Gasteiger partial charge in [-0.05, 0) is 48.7 Å². The summed E-state index contributed by atoms with van der Waals surface area (Å²) in [6.45, 7) is 3.99. The van der Waals surface area contributed by atoms with Gasteiger partial charge < -0.3 is 5.32 Å². The molecule has 4 heteroatoms. The number of ketones is 1. The Morgan fingerprint density at radius 3 is 2.32 bits per heavy atom. The van der Waals surface area contributed by atoms with E-state index >= 15 is 0 Å². The van der Waals surface area contributed by atoms with Crippen LogP contribution in [0.15, 0.2) is 72.9 Å². The molecule has 1 unspecified atom stereocenters. The molecule has 3 rings (SSSR count). The van der Waals surface area contributed by atoms with Gasteiger partial charge in [0.1, 0.15) is 0 Å². The first-order valence-corrected chi connectivity index (χ1v) is 9.40. The molecule has 0 saturated heterocycles. The Morgan fingerprint density at radius 1 is 0.893 bits per heavy atom. The van der Waals surface area contributed by atoms with Crippen LogP contribution in [0.3, 0.4) is 0 Å². The highest BCUT2D eigenvalue weighted by Gasteiger charge is 2.18. The standard InChI is InChI=1S/C24H24N2O2/c1-17-11-12-20(16-18(17)2)22(27)13-14-23(28)26-24(19-8-4-3-5-9-19)21-10-6-7-15-25-21/h3-12,15-16,24H,13-14H2,1-2H3,(H,26,28). The summed E-state index contributed by atoms with van der Waals surface area (Å²) in [6.07, 6.45) is 2.03. The molecule has 28 heavy (non-hydrogen) atoms. The predicted octanol–water partition coefficient (Wildman–Crippen LogP) is 4.57. The third kappa shape index (κ3) is 4.92. The number of hydrogen-bond acceptors (Lipinski definition) is 3. The van der Waals surface area contributed by atoms with E-state index in [0.29, 0.717) is 5.56 Å². The fourth-order valence-corrected chi connectivity index (χ4v) is 3.04. The highest BCUT2D eigenvalue weighted by Crippen LogP contribution is 2.20. The largest absolute Gasteiger partial charge is 0.344 e. The van der Waals surface area contributed by atoms with E-state index in [1.807, 2.05) is 80.6 Å². The quantitative estimate of drug-likeness (QED) is 0.618. The number of nitrogens with one attached hydrogen (secondary N) is 1. The van der Waals surface area contributed by atoms with Gasteiger partial charge in [0.25, 0.3) is 0 Å². The molecule has 0 aliphatic rings. The van der Waals surface area contributed by atoms with Gasteiger partial charge in [0, 0.05) is 24.6 Å². The molecule has 0 aliphatic heterocycles. The maximum absolute atomic E-state index is 12.6. The summed E-state index contributed by atoms with van der Waals surface area (Å²) in [5, 5.41) is 3.02. The minimum absolute atomic E-state index is 0.0210. The van der Waals surface area contributed by atoms with Crippen LogP contribution >= 0.6 is 0 Å². The van der Waals surface area contributed by atoms with E-state index in [1.165, 1.54) is 0 Å². The van der Waals surface area contributed by atoms with Crippen molar-refractivity contribution in [3.05, 3.63) is 101 Å². The number of carbonyl (C=O) groups excluding carboxylic acids is 2. The lowest BCUT2D eigenvalue weighted by Gasteiger charge is -2.19. The number of hydrogen-bond donors (Lipinski definition) is 1. The van der Waals surface area contributed by atoms with Crippen LogP contribution in [0, 0.1) is 13.8 Å². The molecule has 1 N–H and O–H groups in total. The number of benzene rings is 2. The minimum Gasteiger partial charge on any atom is -0.344 e. The van der Waals surface area contributed by atoms with Gasteiger partial charge in [-0.3, -0.25) is 14.6 Å². The molecule has 3 aromatic rings. The van der Waals surface area contributed by atoms with Crippen LogP contribution in [-0.4, -0.2) is 16.7 Å². The molecular weight excluding hydrogens is 348 g/mol. The Balaban J connectivity index is 1.67. The zero-order valence-corrected chi connectivity index (χ0v) is 16.2. The van der Waals surface area contributed by atoms with Gasteiger partial charge in [0.05, 0.1) is 11.7 Å². The van der Waals surface area contributed by atoms with Gasteiger partial charge in [-0.25, -0.2) is 0 Å². The molecule has 0 radical (unpaired) electrons. The molecular formula is C24H24N2O2. The molecule has 0 spiro atoms. The number of aryl methyl sites for hydroxylation is 2. The van der Waals surface area contributed by atoms with E-state index in [-0.39, 0.29) is 30.6 Å². The van der Waals surface area contributed by atoms with Gasteiger partial charge >= 0.3 is 0 Å². The van der Waals surface area contributed by atoms with Gasteiger partial charge in [0.15, 0.2) is 5.78 Å². The van der Waals surface area contributed by atoms with Gasteiger partial charge in [-0.2, -0.15) is 0 Å². The summed E-state index contributed by atoms with van der Waals surface area (Å²) in [5.41, 5.74) is 4.60. The SMILES string of the molecule is Cc1ccc(C(=O)CCC(=O)NC(c2ccccc2)c2ccccn2)cc1C. The average Bonchev–Trinajstić information content (AvgIpc) is 2.73. The number of rotatable bonds is 7. The van der Waals surface area contributed by atoms with E-state index in [0.717, 1.165) is 22.4 Å². The van der Waals surface area contributed by atoms with Crippen LogP contribution in [0.25, 0.3) is 0 Å². The monoisotopic (exact) mass is 372 g/mol. The molecule has 1 aromatic heterocycles. The molecule has 2 aromatic carbocycles. The summed E-state index contributed by atoms with van der Waals surface area (Å²) in [5.74, 6) is -0.191. The van der Waals surface area contributed by atoms with E-state index < -0.39 is 0 Å². The topological polar surface area (TPSA) is 59.1 Å². The van der Waals surface area contributed by atoms with Crippen LogP contribution in [0.2, 0.25) is 0 Å². The lowest BCUT2D eigenvalue weighted by atomic mass is 10.0.